The average Bonchev–Trinajstić information content (AvgIpc) is 2.10. The highest BCUT2D eigenvalue weighted by molar-refractivity contribution is 6.41. The summed E-state index contributed by atoms with van der Waals surface area (Å²) in [4.78, 5) is 0. The predicted octanol–water partition coefficient (Wildman–Crippen LogP) is 4.93. The summed E-state index contributed by atoms with van der Waals surface area (Å²) in [6.45, 7) is 11.8. The summed E-state index contributed by atoms with van der Waals surface area (Å²) in [6, 6.07) is 0. The third kappa shape index (κ3) is 4.21. The van der Waals surface area contributed by atoms with Gasteiger partial charge in [0.05, 0.1) is 0 Å². The summed E-state index contributed by atoms with van der Waals surface area (Å²) in [6.07, 6.45) is 7.15. The highest BCUT2D eigenvalue weighted by Crippen LogP contribution is 2.44. The molecule has 15 heavy (non-hydrogen) atoms. The number of hydrogen-bond donors (Lipinski definition) is 0. The smallest absolute Gasteiger partial charge is 0.0674 e. The molecule has 0 nitrogen and oxygen atoms in total. The van der Waals surface area contributed by atoms with E-state index in [1.807, 2.05) is 0 Å². The fraction of sp³-hybridized carbons (Fsp3) is 1.00. The zero-order valence-electron chi connectivity index (χ0n) is 11.3. The molecule has 1 rings (SSSR count). The zero-order chi connectivity index (χ0) is 11.5. The Morgan fingerprint density at radius 3 is 2.40 bits per heavy atom. The lowest BCUT2D eigenvalue weighted by atomic mass is 9.41. The van der Waals surface area contributed by atoms with Crippen LogP contribution >= 0.6 is 0 Å². The Hall–Kier alpha value is 0.0649. The standard InChI is InChI=1S/C14H28B/c1-6-8-12-10-7-9-11(2)13(12)15-14(3,4)5/h11-13H,6-10H2,1-5H3. The van der Waals surface area contributed by atoms with E-state index in [0.717, 1.165) is 17.7 Å². The van der Waals surface area contributed by atoms with E-state index in [1.54, 1.807) is 0 Å². The monoisotopic (exact) mass is 207 g/mol. The molecule has 1 saturated carbocycles. The minimum Gasteiger partial charge on any atom is -0.0674 e. The van der Waals surface area contributed by atoms with Crippen LogP contribution in [-0.2, 0) is 0 Å². The van der Waals surface area contributed by atoms with Gasteiger partial charge in [-0.25, -0.2) is 0 Å². The molecule has 1 radical (unpaired) electrons. The summed E-state index contributed by atoms with van der Waals surface area (Å²) < 4.78 is 0. The molecule has 0 bridgehead atoms. The second kappa shape index (κ2) is 5.41. The van der Waals surface area contributed by atoms with Gasteiger partial charge >= 0.3 is 0 Å². The third-order valence-electron chi connectivity index (χ3n) is 3.79. The van der Waals surface area contributed by atoms with Crippen molar-refractivity contribution in [3.63, 3.8) is 0 Å². The Morgan fingerprint density at radius 2 is 1.87 bits per heavy atom. The van der Waals surface area contributed by atoms with E-state index in [1.165, 1.54) is 32.1 Å². The summed E-state index contributed by atoms with van der Waals surface area (Å²) in [7, 11) is 2.64. The van der Waals surface area contributed by atoms with Crippen molar-refractivity contribution in [1.29, 1.82) is 0 Å². The molecule has 0 aliphatic heterocycles. The summed E-state index contributed by atoms with van der Waals surface area (Å²) in [5.41, 5.74) is 0. The Bertz CT molecular complexity index is 178. The largest absolute Gasteiger partial charge is 0.121 e. The summed E-state index contributed by atoms with van der Waals surface area (Å²) in [5, 5.41) is 0.391. The van der Waals surface area contributed by atoms with E-state index in [2.05, 4.69) is 41.9 Å². The Labute approximate surface area is 97.5 Å². The fourth-order valence-electron chi connectivity index (χ4n) is 3.14. The highest BCUT2D eigenvalue weighted by atomic mass is 14.3. The van der Waals surface area contributed by atoms with Gasteiger partial charge in [-0.05, 0) is 11.8 Å². The molecule has 0 spiro atoms. The lowest BCUT2D eigenvalue weighted by Crippen LogP contribution is -2.30. The first-order valence-electron chi connectivity index (χ1n) is 6.80. The molecule has 1 aliphatic rings. The van der Waals surface area contributed by atoms with Crippen LogP contribution in [-0.4, -0.2) is 7.28 Å². The van der Waals surface area contributed by atoms with Gasteiger partial charge in [0.2, 0.25) is 0 Å². The van der Waals surface area contributed by atoms with Gasteiger partial charge in [-0.2, -0.15) is 0 Å². The topological polar surface area (TPSA) is 0 Å². The normalized spacial score (nSPS) is 32.7. The second-order valence-electron chi connectivity index (χ2n) is 6.57. The molecule has 1 aliphatic carbocycles. The molecule has 1 heteroatoms. The molecular weight excluding hydrogens is 179 g/mol. The van der Waals surface area contributed by atoms with E-state index in [0.29, 0.717) is 5.31 Å². The molecule has 3 unspecified atom stereocenters. The molecule has 3 atom stereocenters. The summed E-state index contributed by atoms with van der Waals surface area (Å²) >= 11 is 0. The van der Waals surface area contributed by atoms with Gasteiger partial charge in [0, 0.05) is 0 Å². The molecule has 0 aromatic rings. The second-order valence-corrected chi connectivity index (χ2v) is 6.57. The molecule has 0 aromatic carbocycles. The quantitative estimate of drug-likeness (QED) is 0.575. The minimum absolute atomic E-state index is 0.391. The van der Waals surface area contributed by atoms with Crippen LogP contribution in [0.5, 0.6) is 0 Å². The molecular formula is C14H28B. The van der Waals surface area contributed by atoms with Gasteiger partial charge in [-0.3, -0.25) is 0 Å². The Morgan fingerprint density at radius 1 is 1.20 bits per heavy atom. The van der Waals surface area contributed by atoms with Crippen LogP contribution in [0.2, 0.25) is 11.1 Å². The van der Waals surface area contributed by atoms with Crippen molar-refractivity contribution in [2.75, 3.05) is 0 Å². The van der Waals surface area contributed by atoms with Crippen LogP contribution in [0.1, 0.15) is 66.7 Å². The minimum atomic E-state index is 0.391. The van der Waals surface area contributed by atoms with Gasteiger partial charge in [0.25, 0.3) is 0 Å². The maximum Gasteiger partial charge on any atom is 0.121 e. The highest BCUT2D eigenvalue weighted by Gasteiger charge is 2.33. The predicted molar refractivity (Wildman–Crippen MR) is 70.6 cm³/mol. The van der Waals surface area contributed by atoms with Crippen LogP contribution < -0.4 is 0 Å². The molecule has 0 aromatic heterocycles. The fourth-order valence-corrected chi connectivity index (χ4v) is 3.14. The van der Waals surface area contributed by atoms with Crippen LogP contribution in [0.4, 0.5) is 0 Å². The molecule has 0 saturated heterocycles. The van der Waals surface area contributed by atoms with E-state index in [4.69, 9.17) is 0 Å². The van der Waals surface area contributed by atoms with Crippen molar-refractivity contribution >= 4 is 7.28 Å². The average molecular weight is 207 g/mol. The zero-order valence-corrected chi connectivity index (χ0v) is 11.3. The van der Waals surface area contributed by atoms with Gasteiger partial charge < -0.3 is 0 Å². The van der Waals surface area contributed by atoms with Crippen molar-refractivity contribution in [2.24, 2.45) is 11.8 Å². The number of rotatable bonds is 3. The Balaban J connectivity index is 2.60. The molecule has 1 fully saturated rings. The Kier molecular flexibility index (Phi) is 4.74. The molecule has 0 heterocycles. The van der Waals surface area contributed by atoms with Crippen LogP contribution in [0.25, 0.3) is 0 Å². The van der Waals surface area contributed by atoms with Crippen molar-refractivity contribution in [3.05, 3.63) is 0 Å². The first-order valence-corrected chi connectivity index (χ1v) is 6.80. The van der Waals surface area contributed by atoms with E-state index in [-0.39, 0.29) is 0 Å². The van der Waals surface area contributed by atoms with Crippen molar-refractivity contribution in [1.82, 2.24) is 0 Å². The van der Waals surface area contributed by atoms with Gasteiger partial charge in [0.1, 0.15) is 7.28 Å². The van der Waals surface area contributed by atoms with E-state index in [9.17, 15) is 0 Å². The maximum absolute atomic E-state index is 2.64. The summed E-state index contributed by atoms with van der Waals surface area (Å²) in [5.74, 6) is 2.76. The van der Waals surface area contributed by atoms with Gasteiger partial charge in [0.15, 0.2) is 0 Å². The first kappa shape index (κ1) is 13.1. The van der Waals surface area contributed by atoms with Gasteiger partial charge in [-0.1, -0.05) is 77.9 Å². The van der Waals surface area contributed by atoms with E-state index >= 15 is 0 Å². The van der Waals surface area contributed by atoms with Crippen LogP contribution in [0, 0.1) is 11.8 Å². The third-order valence-corrected chi connectivity index (χ3v) is 3.79. The molecule has 0 N–H and O–H groups in total. The maximum atomic E-state index is 2.64. The van der Waals surface area contributed by atoms with Gasteiger partial charge in [-0.15, -0.1) is 0 Å². The van der Waals surface area contributed by atoms with Crippen molar-refractivity contribution < 1.29 is 0 Å². The molecule has 87 valence electrons. The van der Waals surface area contributed by atoms with Crippen LogP contribution in [0.15, 0.2) is 0 Å². The van der Waals surface area contributed by atoms with Crippen LogP contribution in [0.3, 0.4) is 0 Å². The van der Waals surface area contributed by atoms with E-state index < -0.39 is 0 Å². The number of hydrogen-bond acceptors (Lipinski definition) is 0. The van der Waals surface area contributed by atoms with Crippen molar-refractivity contribution in [3.8, 4) is 0 Å². The molecule has 0 amide bonds. The van der Waals surface area contributed by atoms with Crippen molar-refractivity contribution in [2.45, 2.75) is 77.9 Å². The SMILES string of the molecule is CCCC1CCCC(C)C1[B]C(C)(C)C. The lowest BCUT2D eigenvalue weighted by molar-refractivity contribution is 0.264. The lowest BCUT2D eigenvalue weighted by Gasteiger charge is -2.39. The first-order chi connectivity index (χ1) is 6.94.